The van der Waals surface area contributed by atoms with Gasteiger partial charge in [0.15, 0.2) is 0 Å². The van der Waals surface area contributed by atoms with Crippen molar-refractivity contribution in [1.82, 2.24) is 9.55 Å². The SMILES string of the molecule is CC(C)c1cc(C(C)C)c(N2C=CN(c3[c-]c(-c4cn(-c5c(C(C)C)cc(-c6ccccc6)cc5C(C)C)c(-c5ccccc5O)n4)ccc3)[CH-]2)c(C(C)C)c1.[Pt+2]. The van der Waals surface area contributed by atoms with Gasteiger partial charge in [-0.2, -0.15) is 0 Å². The number of para-hydroxylation sites is 1. The summed E-state index contributed by atoms with van der Waals surface area (Å²) in [6, 6.07) is 37.5. The van der Waals surface area contributed by atoms with E-state index in [0.29, 0.717) is 29.1 Å². The van der Waals surface area contributed by atoms with E-state index in [1.165, 1.54) is 44.6 Å². The van der Waals surface area contributed by atoms with Gasteiger partial charge in [0.1, 0.15) is 11.6 Å². The van der Waals surface area contributed by atoms with Crippen LogP contribution >= 0.6 is 0 Å². The zero-order valence-corrected chi connectivity index (χ0v) is 37.3. The molecule has 0 unspecified atom stereocenters. The van der Waals surface area contributed by atoms with E-state index >= 15 is 0 Å². The predicted molar refractivity (Wildman–Crippen MR) is 236 cm³/mol. The molecule has 0 saturated carbocycles. The summed E-state index contributed by atoms with van der Waals surface area (Å²) in [6.07, 6.45) is 6.40. The molecule has 296 valence electrons. The molecule has 0 aliphatic carbocycles. The molecule has 0 atom stereocenters. The first-order valence-electron chi connectivity index (χ1n) is 20.2. The second-order valence-electron chi connectivity index (χ2n) is 16.7. The summed E-state index contributed by atoms with van der Waals surface area (Å²) < 4.78 is 2.20. The van der Waals surface area contributed by atoms with Crippen molar-refractivity contribution in [3.05, 3.63) is 156 Å². The molecule has 2 heterocycles. The van der Waals surface area contributed by atoms with Crippen LogP contribution in [0.3, 0.4) is 0 Å². The number of aromatic nitrogens is 2. The maximum absolute atomic E-state index is 11.2. The number of aromatic hydroxyl groups is 1. The number of benzene rings is 5. The Labute approximate surface area is 355 Å². The third kappa shape index (κ3) is 8.41. The normalized spacial score (nSPS) is 12.9. The molecule has 5 aromatic carbocycles. The quantitative estimate of drug-likeness (QED) is 0.132. The zero-order valence-electron chi connectivity index (χ0n) is 35.0. The first kappa shape index (κ1) is 41.8. The Balaban J connectivity index is 0.00000549. The van der Waals surface area contributed by atoms with Crippen LogP contribution in [0.2, 0.25) is 0 Å². The molecule has 7 rings (SSSR count). The van der Waals surface area contributed by atoms with Crippen LogP contribution in [0.1, 0.15) is 127 Å². The Bertz CT molecular complexity index is 2310. The summed E-state index contributed by atoms with van der Waals surface area (Å²) in [6.45, 7) is 24.9. The average molecular weight is 936 g/mol. The van der Waals surface area contributed by atoms with Gasteiger partial charge in [-0.1, -0.05) is 130 Å². The maximum atomic E-state index is 11.2. The Hall–Kier alpha value is -4.86. The molecule has 5 nitrogen and oxygen atoms in total. The molecule has 57 heavy (non-hydrogen) atoms. The van der Waals surface area contributed by atoms with Gasteiger partial charge in [-0.05, 0) is 111 Å². The minimum absolute atomic E-state index is 0. The van der Waals surface area contributed by atoms with Gasteiger partial charge < -0.3 is 19.5 Å². The van der Waals surface area contributed by atoms with Crippen molar-refractivity contribution in [1.29, 1.82) is 0 Å². The number of phenols is 1. The van der Waals surface area contributed by atoms with Crippen molar-refractivity contribution < 1.29 is 26.2 Å². The number of anilines is 2. The van der Waals surface area contributed by atoms with E-state index in [0.717, 1.165) is 22.6 Å². The summed E-state index contributed by atoms with van der Waals surface area (Å²) in [4.78, 5) is 9.72. The second-order valence-corrected chi connectivity index (χ2v) is 16.7. The molecule has 1 aliphatic heterocycles. The Kier molecular flexibility index (Phi) is 12.7. The first-order chi connectivity index (χ1) is 26.8. The summed E-state index contributed by atoms with van der Waals surface area (Å²) >= 11 is 0. The minimum atomic E-state index is 0. The number of rotatable bonds is 11. The van der Waals surface area contributed by atoms with Crippen molar-refractivity contribution in [3.63, 3.8) is 0 Å². The van der Waals surface area contributed by atoms with E-state index in [2.05, 4.69) is 188 Å². The Morgan fingerprint density at radius 1 is 0.579 bits per heavy atom. The van der Waals surface area contributed by atoms with Gasteiger partial charge in [0, 0.05) is 11.4 Å². The fourth-order valence-corrected chi connectivity index (χ4v) is 7.77. The van der Waals surface area contributed by atoms with Crippen LogP contribution in [0.5, 0.6) is 5.75 Å². The van der Waals surface area contributed by atoms with E-state index in [-0.39, 0.29) is 38.7 Å². The molecule has 0 fully saturated rings. The topological polar surface area (TPSA) is 44.5 Å². The van der Waals surface area contributed by atoms with Gasteiger partial charge in [0.05, 0.1) is 11.3 Å². The van der Waals surface area contributed by atoms with Gasteiger partial charge in [0.25, 0.3) is 0 Å². The van der Waals surface area contributed by atoms with Gasteiger partial charge in [0.2, 0.25) is 0 Å². The fourth-order valence-electron chi connectivity index (χ4n) is 7.77. The summed E-state index contributed by atoms with van der Waals surface area (Å²) in [5.74, 6) is 2.57. The van der Waals surface area contributed by atoms with Gasteiger partial charge in [-0.3, -0.25) is 4.98 Å². The number of nitrogens with zero attached hydrogens (tertiary/aromatic N) is 4. The molecule has 6 aromatic rings. The molecular formula is C51H56N4OPt. The number of hydrogen-bond donors (Lipinski definition) is 1. The van der Waals surface area contributed by atoms with Gasteiger partial charge in [-0.15, -0.1) is 36.5 Å². The summed E-state index contributed by atoms with van der Waals surface area (Å²) in [7, 11) is 0. The van der Waals surface area contributed by atoms with E-state index in [1.807, 2.05) is 18.2 Å². The molecule has 6 heteroatoms. The van der Waals surface area contributed by atoms with Crippen molar-refractivity contribution in [2.45, 2.75) is 98.8 Å². The van der Waals surface area contributed by atoms with Crippen LogP contribution in [-0.4, -0.2) is 14.7 Å². The number of phenolic OH excluding ortho intramolecular Hbond substituents is 1. The van der Waals surface area contributed by atoms with Gasteiger partial charge >= 0.3 is 21.1 Å². The smallest absolute Gasteiger partial charge is 0.507 e. The van der Waals surface area contributed by atoms with Crippen LogP contribution in [0.25, 0.3) is 39.5 Å². The summed E-state index contributed by atoms with van der Waals surface area (Å²) in [5, 5.41) is 11.2. The molecule has 0 bridgehead atoms. The standard InChI is InChI=1S/C51H56N4O.Pt/c1-32(2)39-26-43(33(3)4)49(44(27-39)34(5)6)54-24-23-53(31-54)41-20-16-19-38(25-41)47-30-55(51(52-47)42-21-14-15-22-48(42)56)50-45(35(7)8)28-40(29-46(50)36(9)10)37-17-12-11-13-18-37;/h11-24,26-36,56H,1-10H3;/q-2;+2. The van der Waals surface area contributed by atoms with E-state index in [4.69, 9.17) is 4.98 Å². The monoisotopic (exact) mass is 935 g/mol. The maximum Gasteiger partial charge on any atom is 2.00 e. The molecule has 0 radical (unpaired) electrons. The van der Waals surface area contributed by atoms with Gasteiger partial charge in [-0.25, -0.2) is 0 Å². The molecule has 0 spiro atoms. The number of hydrogen-bond acceptors (Lipinski definition) is 4. The van der Waals surface area contributed by atoms with Crippen molar-refractivity contribution in [2.75, 3.05) is 9.80 Å². The fraction of sp³-hybridized carbons (Fsp3) is 0.294. The minimum Gasteiger partial charge on any atom is -0.507 e. The second kappa shape index (κ2) is 17.3. The molecule has 1 aliphatic rings. The van der Waals surface area contributed by atoms with Crippen LogP contribution in [-0.2, 0) is 21.1 Å². The first-order valence-corrected chi connectivity index (χ1v) is 20.2. The van der Waals surface area contributed by atoms with Crippen molar-refractivity contribution in [3.8, 4) is 45.2 Å². The average Bonchev–Trinajstić information content (AvgIpc) is 3.86. The van der Waals surface area contributed by atoms with Crippen LogP contribution in [0, 0.1) is 12.7 Å². The Morgan fingerprint density at radius 2 is 1.14 bits per heavy atom. The van der Waals surface area contributed by atoms with E-state index < -0.39 is 0 Å². The van der Waals surface area contributed by atoms with Crippen molar-refractivity contribution in [2.24, 2.45) is 0 Å². The van der Waals surface area contributed by atoms with E-state index in [1.54, 1.807) is 6.07 Å². The number of imidazole rings is 1. The largest absolute Gasteiger partial charge is 2.00 e. The molecule has 1 N–H and O–H groups in total. The third-order valence-electron chi connectivity index (χ3n) is 10.9. The molecular weight excluding hydrogens is 880 g/mol. The van der Waals surface area contributed by atoms with E-state index in [9.17, 15) is 5.11 Å². The zero-order chi connectivity index (χ0) is 39.8. The molecule has 1 aromatic heterocycles. The summed E-state index contributed by atoms with van der Waals surface area (Å²) in [5.41, 5.74) is 14.6. The van der Waals surface area contributed by atoms with Crippen LogP contribution in [0.15, 0.2) is 116 Å². The van der Waals surface area contributed by atoms with Crippen LogP contribution in [0.4, 0.5) is 11.4 Å². The van der Waals surface area contributed by atoms with Crippen LogP contribution < -0.4 is 9.80 Å². The third-order valence-corrected chi connectivity index (χ3v) is 10.9. The predicted octanol–water partition coefficient (Wildman–Crippen LogP) is 13.9. The molecule has 0 saturated heterocycles. The van der Waals surface area contributed by atoms with Crippen molar-refractivity contribution >= 4 is 11.4 Å². The Morgan fingerprint density at radius 3 is 1.72 bits per heavy atom. The molecule has 0 amide bonds.